The first-order chi connectivity index (χ1) is 10.5. The topological polar surface area (TPSA) is 60.5 Å². The van der Waals surface area contributed by atoms with Crippen LogP contribution < -0.4 is 10.1 Å². The summed E-state index contributed by atoms with van der Waals surface area (Å²) in [4.78, 5) is 16.0. The van der Waals surface area contributed by atoms with E-state index in [1.807, 2.05) is 38.1 Å². The Morgan fingerprint density at radius 2 is 1.82 bits per heavy atom. The molecular formula is C17H20N2O3. The maximum Gasteiger partial charge on any atom is 0.412 e. The highest BCUT2D eigenvalue weighted by atomic mass is 16.6. The zero-order valence-electron chi connectivity index (χ0n) is 12.9. The second kappa shape index (κ2) is 7.45. The van der Waals surface area contributed by atoms with Crippen molar-refractivity contribution in [3.05, 3.63) is 54.2 Å². The lowest BCUT2D eigenvalue weighted by Gasteiger charge is -2.15. The van der Waals surface area contributed by atoms with Crippen molar-refractivity contribution in [1.82, 2.24) is 4.98 Å². The maximum atomic E-state index is 11.8. The van der Waals surface area contributed by atoms with E-state index in [-0.39, 0.29) is 6.10 Å². The summed E-state index contributed by atoms with van der Waals surface area (Å²) in [6.07, 6.45) is 0.826. The van der Waals surface area contributed by atoms with Gasteiger partial charge in [-0.15, -0.1) is 0 Å². The Morgan fingerprint density at radius 3 is 2.41 bits per heavy atom. The van der Waals surface area contributed by atoms with Gasteiger partial charge in [0.25, 0.3) is 0 Å². The molecule has 2 rings (SSSR count). The fraction of sp³-hybridized carbons (Fsp3) is 0.294. The molecule has 0 unspecified atom stereocenters. The summed E-state index contributed by atoms with van der Waals surface area (Å²) in [5.41, 5.74) is 1.50. The first-order valence-corrected chi connectivity index (χ1v) is 7.20. The van der Waals surface area contributed by atoms with E-state index in [1.165, 1.54) is 0 Å². The molecule has 0 saturated heterocycles. The summed E-state index contributed by atoms with van der Waals surface area (Å²) < 4.78 is 10.8. The minimum Gasteiger partial charge on any atom is -0.475 e. The van der Waals surface area contributed by atoms with Crippen LogP contribution in [0.5, 0.6) is 5.88 Å². The van der Waals surface area contributed by atoms with Crippen LogP contribution in [0.2, 0.25) is 0 Å². The third kappa shape index (κ3) is 4.77. The second-order valence-electron chi connectivity index (χ2n) is 5.13. The van der Waals surface area contributed by atoms with Gasteiger partial charge in [-0.05, 0) is 39.0 Å². The van der Waals surface area contributed by atoms with Crippen molar-refractivity contribution in [1.29, 1.82) is 0 Å². The van der Waals surface area contributed by atoms with Gasteiger partial charge in [0.15, 0.2) is 0 Å². The molecule has 1 amide bonds. The predicted octanol–water partition coefficient (Wildman–Crippen LogP) is 4.18. The van der Waals surface area contributed by atoms with Gasteiger partial charge in [-0.25, -0.2) is 9.78 Å². The van der Waals surface area contributed by atoms with Crippen LogP contribution in [0.15, 0.2) is 48.7 Å². The average molecular weight is 300 g/mol. The van der Waals surface area contributed by atoms with Crippen molar-refractivity contribution in [2.45, 2.75) is 33.0 Å². The van der Waals surface area contributed by atoms with Crippen LogP contribution in [0.25, 0.3) is 0 Å². The number of nitrogens with one attached hydrogen (secondary N) is 1. The van der Waals surface area contributed by atoms with E-state index in [4.69, 9.17) is 9.47 Å². The van der Waals surface area contributed by atoms with Crippen molar-refractivity contribution in [3.8, 4) is 5.88 Å². The van der Waals surface area contributed by atoms with E-state index >= 15 is 0 Å². The van der Waals surface area contributed by atoms with Gasteiger partial charge in [-0.1, -0.05) is 18.2 Å². The highest BCUT2D eigenvalue weighted by molar-refractivity contribution is 5.84. The summed E-state index contributed by atoms with van der Waals surface area (Å²) in [6, 6.07) is 12.8. The van der Waals surface area contributed by atoms with Crippen LogP contribution in [0.4, 0.5) is 10.5 Å². The van der Waals surface area contributed by atoms with E-state index in [1.54, 1.807) is 31.3 Å². The molecule has 1 aromatic heterocycles. The number of carbonyl (C=O) groups excluding carboxylic acids is 1. The van der Waals surface area contributed by atoms with Gasteiger partial charge in [0.2, 0.25) is 5.88 Å². The van der Waals surface area contributed by atoms with Crippen LogP contribution in [0.1, 0.15) is 32.4 Å². The lowest BCUT2D eigenvalue weighted by Crippen LogP contribution is -2.16. The Kier molecular flexibility index (Phi) is 5.36. The number of hydrogen-bond acceptors (Lipinski definition) is 4. The third-order valence-electron chi connectivity index (χ3n) is 2.89. The lowest BCUT2D eigenvalue weighted by molar-refractivity contribution is 0.121. The van der Waals surface area contributed by atoms with E-state index in [0.29, 0.717) is 11.6 Å². The number of benzene rings is 1. The Bertz CT molecular complexity index is 597. The zero-order valence-corrected chi connectivity index (χ0v) is 12.9. The lowest BCUT2D eigenvalue weighted by atomic mass is 10.2. The minimum atomic E-state index is -0.499. The Balaban J connectivity index is 1.91. The molecule has 5 heteroatoms. The van der Waals surface area contributed by atoms with Crippen LogP contribution in [0, 0.1) is 0 Å². The number of amides is 1. The second-order valence-corrected chi connectivity index (χ2v) is 5.13. The molecule has 1 atom stereocenters. The molecule has 0 saturated carbocycles. The number of aromatic nitrogens is 1. The van der Waals surface area contributed by atoms with Crippen LogP contribution in [-0.4, -0.2) is 17.2 Å². The molecule has 22 heavy (non-hydrogen) atoms. The van der Waals surface area contributed by atoms with Gasteiger partial charge in [0, 0.05) is 23.5 Å². The molecule has 0 aliphatic carbocycles. The van der Waals surface area contributed by atoms with Gasteiger partial charge in [0.1, 0.15) is 6.10 Å². The first-order valence-electron chi connectivity index (χ1n) is 7.20. The number of pyridine rings is 1. The Morgan fingerprint density at radius 1 is 1.09 bits per heavy atom. The molecule has 0 spiro atoms. The number of hydrogen-bond donors (Lipinski definition) is 1. The fourth-order valence-electron chi connectivity index (χ4n) is 1.84. The molecule has 1 aromatic carbocycles. The van der Waals surface area contributed by atoms with Crippen LogP contribution in [-0.2, 0) is 4.74 Å². The SMILES string of the molecule is CC(C)Oc1ccc([C@H](C)OC(=O)Nc2ccccc2)cn1. The standard InChI is InChI=1S/C17H20N2O3/c1-12(2)21-16-10-9-14(11-18-16)13(3)22-17(20)19-15-7-5-4-6-8-15/h4-13H,1-3H3,(H,19,20)/t13-/m0/s1. The number of carbonyl (C=O) groups is 1. The van der Waals surface area contributed by atoms with Crippen molar-refractivity contribution in [3.63, 3.8) is 0 Å². The summed E-state index contributed by atoms with van der Waals surface area (Å²) in [7, 11) is 0. The highest BCUT2D eigenvalue weighted by Gasteiger charge is 2.12. The molecule has 0 bridgehead atoms. The molecule has 0 aliphatic heterocycles. The third-order valence-corrected chi connectivity index (χ3v) is 2.89. The summed E-state index contributed by atoms with van der Waals surface area (Å²) in [5, 5.41) is 2.67. The van der Waals surface area contributed by atoms with Gasteiger partial charge < -0.3 is 9.47 Å². The average Bonchev–Trinajstić information content (AvgIpc) is 2.48. The monoisotopic (exact) mass is 300 g/mol. The Labute approximate surface area is 130 Å². The number of para-hydroxylation sites is 1. The van der Waals surface area contributed by atoms with Gasteiger partial charge in [-0.2, -0.15) is 0 Å². The van der Waals surface area contributed by atoms with Gasteiger partial charge >= 0.3 is 6.09 Å². The summed E-state index contributed by atoms with van der Waals surface area (Å²) in [5.74, 6) is 0.555. The number of nitrogens with zero attached hydrogens (tertiary/aromatic N) is 1. The molecule has 0 fully saturated rings. The van der Waals surface area contributed by atoms with Crippen molar-refractivity contribution >= 4 is 11.8 Å². The molecule has 1 heterocycles. The quantitative estimate of drug-likeness (QED) is 0.900. The minimum absolute atomic E-state index is 0.0728. The van der Waals surface area contributed by atoms with E-state index in [9.17, 15) is 4.79 Å². The van der Waals surface area contributed by atoms with E-state index in [0.717, 1.165) is 5.56 Å². The van der Waals surface area contributed by atoms with Crippen LogP contribution in [0.3, 0.4) is 0 Å². The van der Waals surface area contributed by atoms with Gasteiger partial charge in [0.05, 0.1) is 6.10 Å². The molecule has 1 N–H and O–H groups in total. The smallest absolute Gasteiger partial charge is 0.412 e. The molecule has 5 nitrogen and oxygen atoms in total. The first kappa shape index (κ1) is 15.8. The molecule has 2 aromatic rings. The van der Waals surface area contributed by atoms with Crippen molar-refractivity contribution < 1.29 is 14.3 Å². The zero-order chi connectivity index (χ0) is 15.9. The van der Waals surface area contributed by atoms with E-state index in [2.05, 4.69) is 10.3 Å². The van der Waals surface area contributed by atoms with Crippen molar-refractivity contribution in [2.24, 2.45) is 0 Å². The maximum absolute atomic E-state index is 11.8. The normalized spacial score (nSPS) is 11.8. The molecule has 0 radical (unpaired) electrons. The van der Waals surface area contributed by atoms with E-state index < -0.39 is 12.2 Å². The highest BCUT2D eigenvalue weighted by Crippen LogP contribution is 2.19. The molecule has 0 aliphatic rings. The largest absolute Gasteiger partial charge is 0.475 e. The predicted molar refractivity (Wildman–Crippen MR) is 85.0 cm³/mol. The fourth-order valence-corrected chi connectivity index (χ4v) is 1.84. The van der Waals surface area contributed by atoms with Gasteiger partial charge in [-0.3, -0.25) is 5.32 Å². The molecular weight excluding hydrogens is 280 g/mol. The summed E-state index contributed by atoms with van der Waals surface area (Å²) >= 11 is 0. The Hall–Kier alpha value is -2.56. The number of ether oxygens (including phenoxy) is 2. The number of rotatable bonds is 5. The summed E-state index contributed by atoms with van der Waals surface area (Å²) in [6.45, 7) is 5.68. The van der Waals surface area contributed by atoms with Crippen molar-refractivity contribution in [2.75, 3.05) is 5.32 Å². The number of anilines is 1. The molecule has 116 valence electrons. The van der Waals surface area contributed by atoms with Crippen LogP contribution >= 0.6 is 0 Å².